The van der Waals surface area contributed by atoms with Gasteiger partial charge in [-0.2, -0.15) is 0 Å². The highest BCUT2D eigenvalue weighted by molar-refractivity contribution is 5.29. The molecule has 0 aliphatic heterocycles. The highest BCUT2D eigenvalue weighted by Gasteiger charge is 2.09. The van der Waals surface area contributed by atoms with E-state index < -0.39 is 0 Å². The zero-order valence-electron chi connectivity index (χ0n) is 7.18. The van der Waals surface area contributed by atoms with Gasteiger partial charge in [0.05, 0.1) is 12.9 Å². The summed E-state index contributed by atoms with van der Waals surface area (Å²) in [5, 5.41) is 0. The van der Waals surface area contributed by atoms with Crippen LogP contribution in [0.1, 0.15) is 26.2 Å². The molecule has 0 amide bonds. The third-order valence-corrected chi connectivity index (χ3v) is 1.99. The zero-order valence-corrected chi connectivity index (χ0v) is 7.18. The maximum Gasteiger partial charge on any atom is 0.0991 e. The van der Waals surface area contributed by atoms with Crippen LogP contribution in [0.15, 0.2) is 23.1 Å². The van der Waals surface area contributed by atoms with Crippen molar-refractivity contribution in [2.45, 2.75) is 26.2 Å². The summed E-state index contributed by atoms with van der Waals surface area (Å²) in [6, 6.07) is 0. The molecule has 0 unspecified atom stereocenters. The summed E-state index contributed by atoms with van der Waals surface area (Å²) >= 11 is 0. The predicted octanol–water partition coefficient (Wildman–Crippen LogP) is 1.93. The van der Waals surface area contributed by atoms with Crippen molar-refractivity contribution in [2.24, 2.45) is 5.73 Å². The number of allylic oxidation sites excluding steroid dienone is 4. The van der Waals surface area contributed by atoms with Crippen molar-refractivity contribution in [3.05, 3.63) is 23.1 Å². The van der Waals surface area contributed by atoms with E-state index in [1.54, 1.807) is 7.11 Å². The Balaban J connectivity index is 2.83. The van der Waals surface area contributed by atoms with Crippen LogP contribution in [0, 0.1) is 0 Å². The van der Waals surface area contributed by atoms with Gasteiger partial charge >= 0.3 is 0 Å². The van der Waals surface area contributed by atoms with Crippen molar-refractivity contribution >= 4 is 0 Å². The number of ether oxygens (including phenoxy) is 1. The first kappa shape index (κ1) is 8.18. The molecule has 2 heteroatoms. The Hall–Kier alpha value is -0.920. The first-order chi connectivity index (χ1) is 5.27. The highest BCUT2D eigenvalue weighted by Crippen LogP contribution is 2.23. The number of rotatable bonds is 2. The first-order valence-corrected chi connectivity index (χ1v) is 4.00. The second-order valence-electron chi connectivity index (χ2n) is 2.73. The lowest BCUT2D eigenvalue weighted by atomic mass is 10.0. The third kappa shape index (κ3) is 1.76. The average molecular weight is 153 g/mol. The number of methoxy groups -OCH3 is 1. The molecule has 0 saturated carbocycles. The largest absolute Gasteiger partial charge is 0.501 e. The van der Waals surface area contributed by atoms with Gasteiger partial charge in [0.25, 0.3) is 0 Å². The molecule has 0 saturated heterocycles. The quantitative estimate of drug-likeness (QED) is 0.658. The Labute approximate surface area is 67.7 Å². The van der Waals surface area contributed by atoms with Gasteiger partial charge in [0.1, 0.15) is 0 Å². The van der Waals surface area contributed by atoms with E-state index in [4.69, 9.17) is 10.5 Å². The molecule has 0 fully saturated rings. The standard InChI is InChI=1S/C9H15NO/c1-3-7-6-8(10)4-5-9(7)11-2/h6H,3-5,10H2,1-2H3. The van der Waals surface area contributed by atoms with Gasteiger partial charge in [0.15, 0.2) is 0 Å². The van der Waals surface area contributed by atoms with Crippen LogP contribution in [0.4, 0.5) is 0 Å². The van der Waals surface area contributed by atoms with Crippen molar-refractivity contribution in [1.29, 1.82) is 0 Å². The summed E-state index contributed by atoms with van der Waals surface area (Å²) < 4.78 is 5.22. The average Bonchev–Trinajstić information content (AvgIpc) is 2.04. The molecule has 0 radical (unpaired) electrons. The fraction of sp³-hybridized carbons (Fsp3) is 0.556. The van der Waals surface area contributed by atoms with Gasteiger partial charge in [0, 0.05) is 12.1 Å². The molecule has 11 heavy (non-hydrogen) atoms. The Morgan fingerprint density at radius 3 is 2.82 bits per heavy atom. The van der Waals surface area contributed by atoms with E-state index >= 15 is 0 Å². The van der Waals surface area contributed by atoms with E-state index in [1.165, 1.54) is 5.57 Å². The molecule has 62 valence electrons. The highest BCUT2D eigenvalue weighted by atomic mass is 16.5. The molecule has 2 N–H and O–H groups in total. The van der Waals surface area contributed by atoms with Crippen LogP contribution in [-0.2, 0) is 4.74 Å². The number of nitrogens with two attached hydrogens (primary N) is 1. The van der Waals surface area contributed by atoms with E-state index in [-0.39, 0.29) is 0 Å². The normalized spacial score (nSPS) is 18.2. The summed E-state index contributed by atoms with van der Waals surface area (Å²) in [5.41, 5.74) is 7.91. The first-order valence-electron chi connectivity index (χ1n) is 4.00. The molecule has 1 rings (SSSR count). The van der Waals surface area contributed by atoms with Gasteiger partial charge in [-0.15, -0.1) is 0 Å². The lowest BCUT2D eigenvalue weighted by Gasteiger charge is -2.15. The van der Waals surface area contributed by atoms with Crippen LogP contribution >= 0.6 is 0 Å². The molecule has 0 aromatic carbocycles. The molecule has 2 nitrogen and oxygen atoms in total. The van der Waals surface area contributed by atoms with Gasteiger partial charge in [-0.3, -0.25) is 0 Å². The molecule has 1 aliphatic carbocycles. The van der Waals surface area contributed by atoms with E-state index in [2.05, 4.69) is 6.92 Å². The fourth-order valence-electron chi connectivity index (χ4n) is 1.33. The lowest BCUT2D eigenvalue weighted by Crippen LogP contribution is -2.06. The Morgan fingerprint density at radius 2 is 2.27 bits per heavy atom. The zero-order chi connectivity index (χ0) is 8.27. The Kier molecular flexibility index (Phi) is 2.58. The lowest BCUT2D eigenvalue weighted by molar-refractivity contribution is 0.270. The van der Waals surface area contributed by atoms with E-state index in [1.807, 2.05) is 6.08 Å². The summed E-state index contributed by atoms with van der Waals surface area (Å²) in [6.45, 7) is 2.11. The van der Waals surface area contributed by atoms with Crippen LogP contribution in [-0.4, -0.2) is 7.11 Å². The maximum atomic E-state index is 5.69. The number of hydrogen-bond donors (Lipinski definition) is 1. The second kappa shape index (κ2) is 3.46. The second-order valence-corrected chi connectivity index (χ2v) is 2.73. The van der Waals surface area contributed by atoms with Gasteiger partial charge in [-0.1, -0.05) is 6.92 Å². The Bertz CT molecular complexity index is 204. The van der Waals surface area contributed by atoms with Crippen molar-refractivity contribution in [2.75, 3.05) is 7.11 Å². The van der Waals surface area contributed by atoms with E-state index in [9.17, 15) is 0 Å². The molecule has 0 spiro atoms. The summed E-state index contributed by atoms with van der Waals surface area (Å²) in [7, 11) is 1.72. The van der Waals surface area contributed by atoms with Crippen LogP contribution < -0.4 is 5.73 Å². The monoisotopic (exact) mass is 153 g/mol. The van der Waals surface area contributed by atoms with Gasteiger partial charge in [0.2, 0.25) is 0 Å². The minimum absolute atomic E-state index is 0.937. The SMILES string of the molecule is CCC1=C(OC)CCC(N)=C1. The minimum atomic E-state index is 0.937. The van der Waals surface area contributed by atoms with Crippen LogP contribution in [0.3, 0.4) is 0 Å². The molecule has 0 heterocycles. The molecule has 0 aromatic heterocycles. The van der Waals surface area contributed by atoms with Crippen molar-refractivity contribution in [3.8, 4) is 0 Å². The van der Waals surface area contributed by atoms with Gasteiger partial charge in [-0.25, -0.2) is 0 Å². The van der Waals surface area contributed by atoms with Crippen LogP contribution in [0.5, 0.6) is 0 Å². The predicted molar refractivity (Wildman–Crippen MR) is 45.8 cm³/mol. The van der Waals surface area contributed by atoms with E-state index in [0.29, 0.717) is 0 Å². The molecule has 0 atom stereocenters. The van der Waals surface area contributed by atoms with E-state index in [0.717, 1.165) is 30.7 Å². The molecule has 0 aromatic rings. The van der Waals surface area contributed by atoms with Crippen molar-refractivity contribution in [1.82, 2.24) is 0 Å². The van der Waals surface area contributed by atoms with Crippen LogP contribution in [0.25, 0.3) is 0 Å². The smallest absolute Gasteiger partial charge is 0.0991 e. The Morgan fingerprint density at radius 1 is 1.55 bits per heavy atom. The molecular formula is C9H15NO. The van der Waals surface area contributed by atoms with Gasteiger partial charge in [-0.05, 0) is 24.5 Å². The fourth-order valence-corrected chi connectivity index (χ4v) is 1.33. The van der Waals surface area contributed by atoms with Crippen molar-refractivity contribution < 1.29 is 4.74 Å². The summed E-state index contributed by atoms with van der Waals surface area (Å²) in [6.07, 6.45) is 4.93. The molecule has 1 aliphatic rings. The summed E-state index contributed by atoms with van der Waals surface area (Å²) in [4.78, 5) is 0. The molecule has 0 bridgehead atoms. The third-order valence-electron chi connectivity index (χ3n) is 1.99. The molecular weight excluding hydrogens is 138 g/mol. The van der Waals surface area contributed by atoms with Gasteiger partial charge < -0.3 is 10.5 Å². The van der Waals surface area contributed by atoms with Crippen LogP contribution in [0.2, 0.25) is 0 Å². The number of hydrogen-bond acceptors (Lipinski definition) is 2. The topological polar surface area (TPSA) is 35.2 Å². The summed E-state index contributed by atoms with van der Waals surface area (Å²) in [5.74, 6) is 1.10. The van der Waals surface area contributed by atoms with Crippen molar-refractivity contribution in [3.63, 3.8) is 0 Å². The maximum absolute atomic E-state index is 5.69. The minimum Gasteiger partial charge on any atom is -0.501 e.